The number of hydrogen-bond acceptors (Lipinski definition) is 1. The zero-order valence-corrected chi connectivity index (χ0v) is 10.3. The molecule has 0 amide bonds. The summed E-state index contributed by atoms with van der Waals surface area (Å²) in [6, 6.07) is 0. The number of rotatable bonds is 8. The number of carboxylic acid groups (broad SMARTS) is 1. The van der Waals surface area contributed by atoms with E-state index in [1.165, 1.54) is 32.1 Å². The Hall–Kier alpha value is -0.790. The Morgan fingerprint density at radius 3 is 2.07 bits per heavy atom. The lowest BCUT2D eigenvalue weighted by atomic mass is 10.0. The second-order valence-electron chi connectivity index (χ2n) is 4.23. The molecule has 0 aromatic heterocycles. The number of allylic oxidation sites excluding steroid dienone is 1. The van der Waals surface area contributed by atoms with Crippen LogP contribution in [0, 0.1) is 0 Å². The van der Waals surface area contributed by atoms with Crippen LogP contribution in [0.3, 0.4) is 0 Å². The molecule has 0 aromatic carbocycles. The van der Waals surface area contributed by atoms with Gasteiger partial charge in [-0.2, -0.15) is 0 Å². The molecule has 0 heterocycles. The Morgan fingerprint density at radius 1 is 1.00 bits per heavy atom. The molecule has 15 heavy (non-hydrogen) atoms. The van der Waals surface area contributed by atoms with Gasteiger partial charge in [0.2, 0.25) is 0 Å². The first-order valence-electron chi connectivity index (χ1n) is 5.99. The monoisotopic (exact) mass is 212 g/mol. The van der Waals surface area contributed by atoms with Crippen molar-refractivity contribution in [3.8, 4) is 0 Å². The standard InChI is InChI=1S/C13H24O2/c1-4-5-6-7-8-9-10-11(2)12(3)13(14)15/h4-10H2,1-3H3,(H,14,15). The molecule has 0 unspecified atom stereocenters. The lowest BCUT2D eigenvalue weighted by molar-refractivity contribution is -0.132. The van der Waals surface area contributed by atoms with Crippen molar-refractivity contribution < 1.29 is 9.90 Å². The van der Waals surface area contributed by atoms with Crippen LogP contribution in [-0.2, 0) is 4.79 Å². The maximum Gasteiger partial charge on any atom is 0.331 e. The fourth-order valence-corrected chi connectivity index (χ4v) is 1.54. The van der Waals surface area contributed by atoms with Crippen molar-refractivity contribution in [2.75, 3.05) is 0 Å². The summed E-state index contributed by atoms with van der Waals surface area (Å²) >= 11 is 0. The first kappa shape index (κ1) is 14.2. The largest absolute Gasteiger partial charge is 0.478 e. The van der Waals surface area contributed by atoms with Crippen LogP contribution in [0.1, 0.15) is 65.7 Å². The fraction of sp³-hybridized carbons (Fsp3) is 0.769. The van der Waals surface area contributed by atoms with Crippen molar-refractivity contribution in [3.05, 3.63) is 11.1 Å². The van der Waals surface area contributed by atoms with E-state index in [9.17, 15) is 4.79 Å². The fourth-order valence-electron chi connectivity index (χ4n) is 1.54. The highest BCUT2D eigenvalue weighted by atomic mass is 16.4. The van der Waals surface area contributed by atoms with E-state index in [0.29, 0.717) is 5.57 Å². The van der Waals surface area contributed by atoms with Gasteiger partial charge in [-0.3, -0.25) is 0 Å². The van der Waals surface area contributed by atoms with Crippen molar-refractivity contribution in [1.82, 2.24) is 0 Å². The highest BCUT2D eigenvalue weighted by molar-refractivity contribution is 5.86. The molecule has 2 heteroatoms. The van der Waals surface area contributed by atoms with E-state index < -0.39 is 5.97 Å². The third kappa shape index (κ3) is 7.18. The Balaban J connectivity index is 3.59. The van der Waals surface area contributed by atoms with E-state index in [1.807, 2.05) is 6.92 Å². The van der Waals surface area contributed by atoms with E-state index in [-0.39, 0.29) is 0 Å². The SMILES string of the molecule is CCCCCCCCC(C)=C(C)C(=O)O. The first-order valence-corrected chi connectivity index (χ1v) is 5.99. The lowest BCUT2D eigenvalue weighted by Gasteiger charge is -2.04. The average Bonchev–Trinajstić information content (AvgIpc) is 2.21. The molecule has 0 saturated heterocycles. The third-order valence-corrected chi connectivity index (χ3v) is 2.87. The highest BCUT2D eigenvalue weighted by Crippen LogP contribution is 2.14. The van der Waals surface area contributed by atoms with Crippen molar-refractivity contribution in [1.29, 1.82) is 0 Å². The molecule has 0 aromatic rings. The van der Waals surface area contributed by atoms with E-state index in [0.717, 1.165) is 18.4 Å². The summed E-state index contributed by atoms with van der Waals surface area (Å²) in [7, 11) is 0. The summed E-state index contributed by atoms with van der Waals surface area (Å²) in [5, 5.41) is 8.77. The summed E-state index contributed by atoms with van der Waals surface area (Å²) < 4.78 is 0. The second kappa shape index (κ2) is 8.51. The maximum atomic E-state index is 10.7. The Kier molecular flexibility index (Phi) is 8.06. The second-order valence-corrected chi connectivity index (χ2v) is 4.23. The molecule has 0 aliphatic rings. The van der Waals surface area contributed by atoms with Crippen molar-refractivity contribution in [3.63, 3.8) is 0 Å². The minimum atomic E-state index is -0.779. The van der Waals surface area contributed by atoms with Gasteiger partial charge in [0.1, 0.15) is 0 Å². The molecule has 0 saturated carbocycles. The van der Waals surface area contributed by atoms with Crippen LogP contribution in [-0.4, -0.2) is 11.1 Å². The molecule has 0 rings (SSSR count). The molecular formula is C13H24O2. The van der Waals surface area contributed by atoms with Gasteiger partial charge in [-0.05, 0) is 26.7 Å². The summed E-state index contributed by atoms with van der Waals surface area (Å²) in [5.41, 5.74) is 1.54. The normalized spacial score (nSPS) is 12.5. The van der Waals surface area contributed by atoms with Gasteiger partial charge >= 0.3 is 5.97 Å². The Labute approximate surface area is 93.4 Å². The molecule has 0 aliphatic carbocycles. The first-order chi connectivity index (χ1) is 7.09. The average molecular weight is 212 g/mol. The van der Waals surface area contributed by atoms with Crippen LogP contribution in [0.4, 0.5) is 0 Å². The highest BCUT2D eigenvalue weighted by Gasteiger charge is 2.04. The van der Waals surface area contributed by atoms with Gasteiger partial charge in [0.05, 0.1) is 0 Å². The van der Waals surface area contributed by atoms with Gasteiger partial charge in [0, 0.05) is 5.57 Å². The van der Waals surface area contributed by atoms with Crippen LogP contribution in [0.15, 0.2) is 11.1 Å². The Morgan fingerprint density at radius 2 is 1.53 bits per heavy atom. The van der Waals surface area contributed by atoms with Gasteiger partial charge in [-0.15, -0.1) is 0 Å². The van der Waals surface area contributed by atoms with Crippen molar-refractivity contribution in [2.24, 2.45) is 0 Å². The van der Waals surface area contributed by atoms with Crippen LogP contribution in [0.25, 0.3) is 0 Å². The summed E-state index contributed by atoms with van der Waals surface area (Å²) in [5.74, 6) is -0.779. The van der Waals surface area contributed by atoms with E-state index >= 15 is 0 Å². The van der Waals surface area contributed by atoms with Crippen LogP contribution in [0.5, 0.6) is 0 Å². The number of carboxylic acids is 1. The number of hydrogen-bond donors (Lipinski definition) is 1. The summed E-state index contributed by atoms with van der Waals surface area (Å²) in [4.78, 5) is 10.7. The predicted octanol–water partition coefficient (Wildman–Crippen LogP) is 4.16. The number of aliphatic carboxylic acids is 1. The summed E-state index contributed by atoms with van der Waals surface area (Å²) in [6.45, 7) is 5.83. The topological polar surface area (TPSA) is 37.3 Å². The van der Waals surface area contributed by atoms with Gasteiger partial charge in [0.15, 0.2) is 0 Å². The zero-order chi connectivity index (χ0) is 11.7. The molecule has 0 bridgehead atoms. The van der Waals surface area contributed by atoms with Gasteiger partial charge in [-0.25, -0.2) is 4.79 Å². The van der Waals surface area contributed by atoms with Gasteiger partial charge < -0.3 is 5.11 Å². The zero-order valence-electron chi connectivity index (χ0n) is 10.3. The smallest absolute Gasteiger partial charge is 0.331 e. The van der Waals surface area contributed by atoms with Crippen molar-refractivity contribution >= 4 is 5.97 Å². The van der Waals surface area contributed by atoms with E-state index in [1.54, 1.807) is 6.92 Å². The van der Waals surface area contributed by atoms with Crippen LogP contribution >= 0.6 is 0 Å². The van der Waals surface area contributed by atoms with Crippen LogP contribution < -0.4 is 0 Å². The van der Waals surface area contributed by atoms with Gasteiger partial charge in [0.25, 0.3) is 0 Å². The maximum absolute atomic E-state index is 10.7. The lowest BCUT2D eigenvalue weighted by Crippen LogP contribution is -1.99. The third-order valence-electron chi connectivity index (χ3n) is 2.87. The molecule has 1 N–H and O–H groups in total. The quantitative estimate of drug-likeness (QED) is 0.484. The molecular weight excluding hydrogens is 188 g/mol. The molecule has 2 nitrogen and oxygen atoms in total. The Bertz CT molecular complexity index is 217. The molecule has 0 aliphatic heterocycles. The van der Waals surface area contributed by atoms with Crippen LogP contribution in [0.2, 0.25) is 0 Å². The molecule has 0 fully saturated rings. The molecule has 0 spiro atoms. The molecule has 0 atom stereocenters. The van der Waals surface area contributed by atoms with Gasteiger partial charge in [-0.1, -0.05) is 44.6 Å². The molecule has 0 radical (unpaired) electrons. The van der Waals surface area contributed by atoms with Crippen molar-refractivity contribution in [2.45, 2.75) is 65.7 Å². The van der Waals surface area contributed by atoms with E-state index in [4.69, 9.17) is 5.11 Å². The minimum Gasteiger partial charge on any atom is -0.478 e. The molecule has 88 valence electrons. The summed E-state index contributed by atoms with van der Waals surface area (Å²) in [6.07, 6.45) is 8.49. The number of unbranched alkanes of at least 4 members (excludes halogenated alkanes) is 5. The number of carbonyl (C=O) groups is 1. The minimum absolute atomic E-state index is 0.517. The van der Waals surface area contributed by atoms with E-state index in [2.05, 4.69) is 6.92 Å². The predicted molar refractivity (Wildman–Crippen MR) is 64.0 cm³/mol.